The zero-order chi connectivity index (χ0) is 13.8. The van der Waals surface area contributed by atoms with E-state index in [1.807, 2.05) is 0 Å². The summed E-state index contributed by atoms with van der Waals surface area (Å²) in [5, 5.41) is 5.00. The molecule has 1 aromatic heterocycles. The second kappa shape index (κ2) is 6.25. The summed E-state index contributed by atoms with van der Waals surface area (Å²) in [6.07, 6.45) is 8.71. The molecule has 2 nitrogen and oxygen atoms in total. The van der Waals surface area contributed by atoms with Crippen molar-refractivity contribution in [3.05, 3.63) is 35.5 Å². The number of nitrogens with zero attached hydrogens (tertiary/aromatic N) is 1. The van der Waals surface area contributed by atoms with Crippen molar-refractivity contribution in [1.29, 1.82) is 0 Å². The number of para-hydroxylation sites is 1. The van der Waals surface area contributed by atoms with Gasteiger partial charge in [-0.3, -0.25) is 4.98 Å². The fourth-order valence-electron chi connectivity index (χ4n) is 3.14. The van der Waals surface area contributed by atoms with Crippen LogP contribution in [0.2, 0.25) is 0 Å². The third-order valence-corrected chi connectivity index (χ3v) is 4.25. The number of aryl methyl sites for hydroxylation is 1. The Morgan fingerprint density at radius 2 is 1.95 bits per heavy atom. The van der Waals surface area contributed by atoms with E-state index in [4.69, 9.17) is 4.98 Å². The standard InChI is InChI=1S/C18H24N2/c1-2-3-13-19-18-14-9-5-4-6-11-16(14)20-17-12-8-7-10-15(17)18/h7-8,10,12H,2-6,9,11,13H2,1H3,(H,19,20). The lowest BCUT2D eigenvalue weighted by molar-refractivity contribution is 0.709. The lowest BCUT2D eigenvalue weighted by atomic mass is 10.0. The normalized spacial score (nSPS) is 14.8. The summed E-state index contributed by atoms with van der Waals surface area (Å²) in [6.45, 7) is 3.31. The zero-order valence-electron chi connectivity index (χ0n) is 12.4. The summed E-state index contributed by atoms with van der Waals surface area (Å²) in [5.41, 5.74) is 5.32. The number of hydrogen-bond donors (Lipinski definition) is 1. The average molecular weight is 268 g/mol. The molecular formula is C18H24N2. The number of rotatable bonds is 4. The van der Waals surface area contributed by atoms with Crippen molar-refractivity contribution in [3.63, 3.8) is 0 Å². The highest BCUT2D eigenvalue weighted by molar-refractivity contribution is 5.93. The first-order chi connectivity index (χ1) is 9.90. The molecule has 0 saturated heterocycles. The molecule has 0 atom stereocenters. The summed E-state index contributed by atoms with van der Waals surface area (Å²) in [4.78, 5) is 4.92. The first kappa shape index (κ1) is 13.4. The van der Waals surface area contributed by atoms with Gasteiger partial charge in [0.05, 0.1) is 5.52 Å². The van der Waals surface area contributed by atoms with Crippen molar-refractivity contribution in [2.45, 2.75) is 51.9 Å². The minimum absolute atomic E-state index is 1.07. The van der Waals surface area contributed by atoms with E-state index in [2.05, 4.69) is 36.5 Å². The Balaban J connectivity index is 2.08. The smallest absolute Gasteiger partial charge is 0.0726 e. The molecule has 0 amide bonds. The molecule has 0 saturated carbocycles. The van der Waals surface area contributed by atoms with Gasteiger partial charge in [-0.25, -0.2) is 0 Å². The number of fused-ring (bicyclic) bond motifs is 2. The fraction of sp³-hybridized carbons (Fsp3) is 0.500. The molecule has 0 spiro atoms. The maximum atomic E-state index is 4.92. The number of anilines is 1. The molecule has 1 N–H and O–H groups in total. The highest BCUT2D eigenvalue weighted by Crippen LogP contribution is 2.32. The maximum Gasteiger partial charge on any atom is 0.0726 e. The Hall–Kier alpha value is -1.57. The molecule has 0 aliphatic heterocycles. The van der Waals surface area contributed by atoms with Crippen molar-refractivity contribution >= 4 is 16.6 Å². The van der Waals surface area contributed by atoms with Crippen LogP contribution in [0.3, 0.4) is 0 Å². The van der Waals surface area contributed by atoms with Gasteiger partial charge in [0.15, 0.2) is 0 Å². The molecule has 1 heterocycles. The van der Waals surface area contributed by atoms with Gasteiger partial charge in [0.2, 0.25) is 0 Å². The SMILES string of the molecule is CCCCNc1c2c(nc3ccccc13)CCCCC2. The summed E-state index contributed by atoms with van der Waals surface area (Å²) in [7, 11) is 0. The molecule has 20 heavy (non-hydrogen) atoms. The summed E-state index contributed by atoms with van der Waals surface area (Å²) in [5.74, 6) is 0. The van der Waals surface area contributed by atoms with Crippen molar-refractivity contribution in [3.8, 4) is 0 Å². The highest BCUT2D eigenvalue weighted by atomic mass is 14.9. The molecule has 1 aliphatic rings. The van der Waals surface area contributed by atoms with Gasteiger partial charge in [-0.2, -0.15) is 0 Å². The van der Waals surface area contributed by atoms with E-state index in [1.165, 1.54) is 60.9 Å². The van der Waals surface area contributed by atoms with E-state index < -0.39 is 0 Å². The van der Waals surface area contributed by atoms with Crippen LogP contribution in [0, 0.1) is 0 Å². The van der Waals surface area contributed by atoms with Crippen LogP contribution in [-0.2, 0) is 12.8 Å². The molecule has 0 radical (unpaired) electrons. The van der Waals surface area contributed by atoms with Crippen molar-refractivity contribution in [2.24, 2.45) is 0 Å². The fourth-order valence-corrected chi connectivity index (χ4v) is 3.14. The van der Waals surface area contributed by atoms with Crippen LogP contribution in [0.4, 0.5) is 5.69 Å². The van der Waals surface area contributed by atoms with Crippen LogP contribution in [0.25, 0.3) is 10.9 Å². The van der Waals surface area contributed by atoms with Gasteiger partial charge in [0, 0.05) is 23.3 Å². The Kier molecular flexibility index (Phi) is 4.19. The molecule has 0 fully saturated rings. The summed E-state index contributed by atoms with van der Waals surface area (Å²) in [6, 6.07) is 8.57. The van der Waals surface area contributed by atoms with Gasteiger partial charge in [-0.1, -0.05) is 38.0 Å². The van der Waals surface area contributed by atoms with E-state index in [0.29, 0.717) is 0 Å². The minimum Gasteiger partial charge on any atom is -0.384 e. The monoisotopic (exact) mass is 268 g/mol. The zero-order valence-corrected chi connectivity index (χ0v) is 12.4. The molecule has 3 rings (SSSR count). The van der Waals surface area contributed by atoms with Gasteiger partial charge < -0.3 is 5.32 Å². The topological polar surface area (TPSA) is 24.9 Å². The van der Waals surface area contributed by atoms with Crippen LogP contribution in [-0.4, -0.2) is 11.5 Å². The van der Waals surface area contributed by atoms with Crippen molar-refractivity contribution < 1.29 is 0 Å². The van der Waals surface area contributed by atoms with Crippen LogP contribution in [0.15, 0.2) is 24.3 Å². The average Bonchev–Trinajstić information content (AvgIpc) is 2.72. The van der Waals surface area contributed by atoms with Gasteiger partial charge in [-0.05, 0) is 43.7 Å². The van der Waals surface area contributed by atoms with E-state index in [0.717, 1.165) is 18.5 Å². The number of aromatic nitrogens is 1. The van der Waals surface area contributed by atoms with E-state index in [9.17, 15) is 0 Å². The van der Waals surface area contributed by atoms with Gasteiger partial charge in [0.1, 0.15) is 0 Å². The lowest BCUT2D eigenvalue weighted by Gasteiger charge is -2.17. The Morgan fingerprint density at radius 3 is 2.85 bits per heavy atom. The number of benzene rings is 1. The van der Waals surface area contributed by atoms with E-state index in [1.54, 1.807) is 0 Å². The van der Waals surface area contributed by atoms with E-state index in [-0.39, 0.29) is 0 Å². The number of unbranched alkanes of at least 4 members (excludes halogenated alkanes) is 1. The van der Waals surface area contributed by atoms with Gasteiger partial charge >= 0.3 is 0 Å². The second-order valence-electron chi connectivity index (χ2n) is 5.77. The van der Waals surface area contributed by atoms with Crippen LogP contribution in [0.5, 0.6) is 0 Å². The molecule has 0 bridgehead atoms. The number of nitrogens with one attached hydrogen (secondary N) is 1. The second-order valence-corrected chi connectivity index (χ2v) is 5.77. The largest absolute Gasteiger partial charge is 0.384 e. The molecule has 2 heteroatoms. The predicted molar refractivity (Wildman–Crippen MR) is 86.4 cm³/mol. The minimum atomic E-state index is 1.07. The molecule has 1 aliphatic carbocycles. The Labute approximate surface area is 121 Å². The Bertz CT molecular complexity index is 589. The third-order valence-electron chi connectivity index (χ3n) is 4.25. The summed E-state index contributed by atoms with van der Waals surface area (Å²) < 4.78 is 0. The number of hydrogen-bond acceptors (Lipinski definition) is 2. The van der Waals surface area contributed by atoms with Crippen LogP contribution < -0.4 is 5.32 Å². The molecular weight excluding hydrogens is 244 g/mol. The first-order valence-corrected chi connectivity index (χ1v) is 8.04. The quantitative estimate of drug-likeness (QED) is 0.641. The summed E-state index contributed by atoms with van der Waals surface area (Å²) >= 11 is 0. The lowest BCUT2D eigenvalue weighted by Crippen LogP contribution is -2.08. The first-order valence-electron chi connectivity index (χ1n) is 8.04. The maximum absolute atomic E-state index is 4.92. The third kappa shape index (κ3) is 2.65. The van der Waals surface area contributed by atoms with Crippen LogP contribution >= 0.6 is 0 Å². The van der Waals surface area contributed by atoms with Gasteiger partial charge in [0.25, 0.3) is 0 Å². The highest BCUT2D eigenvalue weighted by Gasteiger charge is 2.16. The molecule has 106 valence electrons. The van der Waals surface area contributed by atoms with Crippen LogP contribution in [0.1, 0.15) is 50.3 Å². The Morgan fingerprint density at radius 1 is 1.10 bits per heavy atom. The van der Waals surface area contributed by atoms with Gasteiger partial charge in [-0.15, -0.1) is 0 Å². The number of pyridine rings is 1. The van der Waals surface area contributed by atoms with Crippen molar-refractivity contribution in [1.82, 2.24) is 4.98 Å². The van der Waals surface area contributed by atoms with Crippen molar-refractivity contribution in [2.75, 3.05) is 11.9 Å². The molecule has 2 aromatic rings. The predicted octanol–water partition coefficient (Wildman–Crippen LogP) is 4.72. The van der Waals surface area contributed by atoms with E-state index >= 15 is 0 Å². The molecule has 0 unspecified atom stereocenters. The molecule has 1 aromatic carbocycles.